The van der Waals surface area contributed by atoms with E-state index in [9.17, 15) is 28.3 Å². The average Bonchev–Trinajstić information content (AvgIpc) is 3.55. The topological polar surface area (TPSA) is 286 Å². The molecule has 25 heteroatoms. The van der Waals surface area contributed by atoms with Crippen LogP contribution in [-0.4, -0.2) is 94.4 Å². The highest BCUT2D eigenvalue weighted by molar-refractivity contribution is 8.93. The zero-order valence-corrected chi connectivity index (χ0v) is 30.2. The highest BCUT2D eigenvalue weighted by Crippen LogP contribution is 2.66. The zero-order chi connectivity index (χ0) is 35.2. The molecule has 20 nitrogen and oxygen atoms in total. The van der Waals surface area contributed by atoms with Crippen molar-refractivity contribution >= 4 is 66.4 Å². The first-order valence-corrected chi connectivity index (χ1v) is 23.0. The molecule has 1 amide bonds. The van der Waals surface area contributed by atoms with Gasteiger partial charge in [0.05, 0.1) is 24.9 Å². The van der Waals surface area contributed by atoms with Crippen LogP contribution < -0.4 is 11.1 Å². The number of nitrogen functional groups attached to an aromatic ring is 1. The Morgan fingerprint density at radius 1 is 1.10 bits per heavy atom. The SMILES string of the molecule is CS(C)(CNC(=O)OC1CC/C=C/CCC1)SCO[C@@H]1C[C@H](n2cnc3c(N)ncnc32)OC1COP(=O)(O)OP(=O)(O)OP(=O)(O)O. The number of hydrogen-bond donors (Lipinski definition) is 6. The Morgan fingerprint density at radius 3 is 2.60 bits per heavy atom. The van der Waals surface area contributed by atoms with Crippen LogP contribution in [0.25, 0.3) is 11.2 Å². The van der Waals surface area contributed by atoms with E-state index >= 15 is 0 Å². The van der Waals surface area contributed by atoms with Crippen molar-refractivity contribution in [2.75, 3.05) is 36.7 Å². The van der Waals surface area contributed by atoms with Crippen LogP contribution in [-0.2, 0) is 41.1 Å². The number of amides is 1. The molecule has 4 unspecified atom stereocenters. The normalized spacial score (nSPS) is 25.8. The number of nitrogens with two attached hydrogens (primary N) is 1. The zero-order valence-electron chi connectivity index (χ0n) is 25.9. The molecule has 1 aliphatic heterocycles. The Kier molecular flexibility index (Phi) is 13.6. The van der Waals surface area contributed by atoms with Crippen molar-refractivity contribution in [3.05, 3.63) is 24.8 Å². The Labute approximate surface area is 280 Å². The highest BCUT2D eigenvalue weighted by atomic mass is 33.2. The molecule has 2 aromatic heterocycles. The van der Waals surface area contributed by atoms with E-state index in [-0.39, 0.29) is 24.3 Å². The van der Waals surface area contributed by atoms with Gasteiger partial charge in [0.15, 0.2) is 11.5 Å². The molecule has 0 aromatic carbocycles. The number of nitrogens with zero attached hydrogens (tertiary/aromatic N) is 4. The van der Waals surface area contributed by atoms with E-state index in [1.807, 2.05) is 12.5 Å². The number of carbonyl (C=O) groups excluding carboxylic acids is 1. The standard InChI is InChI=1S/C23H39N6O14P3S2/c1-48(2,14-28-23(30)40-16-8-6-4-3-5-7-9-16)47-15-38-17-10-19(29-13-27-20-21(24)25-12-26-22(20)29)41-18(17)11-39-45(34,35)43-46(36,37)42-44(31,32)33/h3-4,12-13,16-19H,5-11,14-15H2,1-2H3,(H,28,30)(H,34,35)(H,36,37)(H2,24,25,26)(H2,31,32,33)/b4-3+/t16?,17-,18?,19-/m1/s1. The summed E-state index contributed by atoms with van der Waals surface area (Å²) in [5, 5.41) is 2.84. The van der Waals surface area contributed by atoms with Crippen LogP contribution in [0, 0.1) is 0 Å². The predicted octanol–water partition coefficient (Wildman–Crippen LogP) is 3.67. The number of imidazole rings is 1. The number of fused-ring (bicyclic) bond motifs is 1. The van der Waals surface area contributed by atoms with Crippen LogP contribution in [0.2, 0.25) is 0 Å². The number of carbonyl (C=O) groups is 1. The van der Waals surface area contributed by atoms with E-state index in [1.54, 1.807) is 4.57 Å². The quantitative estimate of drug-likeness (QED) is 0.0650. The maximum Gasteiger partial charge on any atom is 0.490 e. The van der Waals surface area contributed by atoms with Crippen molar-refractivity contribution in [3.8, 4) is 0 Å². The summed E-state index contributed by atoms with van der Waals surface area (Å²) < 4.78 is 66.8. The Hall–Kier alpha value is -1.61. The summed E-state index contributed by atoms with van der Waals surface area (Å²) in [6.45, 7) is -0.722. The Morgan fingerprint density at radius 2 is 1.85 bits per heavy atom. The summed E-state index contributed by atoms with van der Waals surface area (Å²) >= 11 is 0. The summed E-state index contributed by atoms with van der Waals surface area (Å²) in [5.41, 5.74) is 6.55. The molecule has 7 N–H and O–H groups in total. The van der Waals surface area contributed by atoms with Gasteiger partial charge < -0.3 is 44.8 Å². The minimum absolute atomic E-state index is 0.111. The van der Waals surface area contributed by atoms with Crippen LogP contribution in [0.1, 0.15) is 44.8 Å². The number of ether oxygens (including phenoxy) is 3. The summed E-state index contributed by atoms with van der Waals surface area (Å²) in [6, 6.07) is 0. The van der Waals surface area contributed by atoms with Gasteiger partial charge in [-0.05, 0) is 44.6 Å². The second-order valence-electron chi connectivity index (χ2n) is 11.0. The summed E-state index contributed by atoms with van der Waals surface area (Å²) in [5.74, 6) is 0.587. The number of rotatable bonds is 15. The molecule has 0 bridgehead atoms. The van der Waals surface area contributed by atoms with Crippen molar-refractivity contribution in [2.24, 2.45) is 0 Å². The largest absolute Gasteiger partial charge is 0.490 e. The van der Waals surface area contributed by atoms with E-state index in [1.165, 1.54) is 23.4 Å². The molecule has 2 aromatic rings. The molecule has 2 aliphatic rings. The lowest BCUT2D eigenvalue weighted by Crippen LogP contribution is -2.31. The lowest BCUT2D eigenvalue weighted by atomic mass is 10.0. The Bertz CT molecular complexity index is 1590. The number of phosphoric acid groups is 3. The third-order valence-corrected chi connectivity index (χ3v) is 15.0. The summed E-state index contributed by atoms with van der Waals surface area (Å²) in [4.78, 5) is 61.8. The smallest absolute Gasteiger partial charge is 0.446 e. The van der Waals surface area contributed by atoms with Crippen molar-refractivity contribution in [1.82, 2.24) is 24.8 Å². The van der Waals surface area contributed by atoms with Gasteiger partial charge in [-0.25, -0.2) is 33.4 Å². The second-order valence-corrected chi connectivity index (χ2v) is 22.5. The van der Waals surface area contributed by atoms with E-state index < -0.39 is 63.7 Å². The lowest BCUT2D eigenvalue weighted by molar-refractivity contribution is -0.0522. The van der Waals surface area contributed by atoms with Crippen LogP contribution >= 0.6 is 43.3 Å². The second kappa shape index (κ2) is 16.6. The van der Waals surface area contributed by atoms with Gasteiger partial charge in [0.2, 0.25) is 0 Å². The van der Waals surface area contributed by atoms with Gasteiger partial charge in [-0.1, -0.05) is 22.9 Å². The third kappa shape index (κ3) is 12.3. The number of aromatic nitrogens is 4. The molecule has 1 fully saturated rings. The van der Waals surface area contributed by atoms with E-state index in [0.29, 0.717) is 17.0 Å². The van der Waals surface area contributed by atoms with E-state index in [2.05, 4.69) is 41.0 Å². The number of anilines is 1. The van der Waals surface area contributed by atoms with Crippen molar-refractivity contribution in [1.29, 1.82) is 0 Å². The number of hydrogen-bond acceptors (Lipinski definition) is 15. The lowest BCUT2D eigenvalue weighted by Gasteiger charge is -2.31. The number of allylic oxidation sites excluding steroid dienone is 2. The molecular weight excluding hydrogens is 741 g/mol. The maximum atomic E-state index is 12.5. The first-order chi connectivity index (χ1) is 22.4. The molecule has 0 spiro atoms. The predicted molar refractivity (Wildman–Crippen MR) is 175 cm³/mol. The van der Waals surface area contributed by atoms with Crippen molar-refractivity contribution in [3.63, 3.8) is 0 Å². The van der Waals surface area contributed by atoms with Crippen molar-refractivity contribution < 1.29 is 65.4 Å². The fraction of sp³-hybridized carbons (Fsp3) is 0.652. The van der Waals surface area contributed by atoms with Gasteiger partial charge >= 0.3 is 29.6 Å². The molecule has 48 heavy (non-hydrogen) atoms. The molecule has 1 aliphatic carbocycles. The molecule has 4 rings (SSSR count). The van der Waals surface area contributed by atoms with Gasteiger partial charge in [-0.3, -0.25) is 9.09 Å². The molecule has 272 valence electrons. The third-order valence-electron chi connectivity index (χ3n) is 6.90. The Balaban J connectivity index is 1.36. The van der Waals surface area contributed by atoms with Crippen LogP contribution in [0.4, 0.5) is 10.6 Å². The molecule has 3 heterocycles. The monoisotopic (exact) mass is 780 g/mol. The molecule has 0 saturated carbocycles. The summed E-state index contributed by atoms with van der Waals surface area (Å²) in [7, 11) is -16.8. The molecule has 0 radical (unpaired) electrons. The first kappa shape index (κ1) is 39.2. The maximum absolute atomic E-state index is 12.5. The van der Waals surface area contributed by atoms with E-state index in [0.717, 1.165) is 32.1 Å². The summed E-state index contributed by atoms with van der Waals surface area (Å²) in [6.07, 6.45) is 12.1. The minimum Gasteiger partial charge on any atom is -0.446 e. The number of phosphoric ester groups is 1. The van der Waals surface area contributed by atoms with Gasteiger partial charge in [0.1, 0.15) is 36.2 Å². The van der Waals surface area contributed by atoms with Gasteiger partial charge in [-0.2, -0.15) is 17.7 Å². The fourth-order valence-corrected chi connectivity index (χ4v) is 10.1. The van der Waals surface area contributed by atoms with Gasteiger partial charge in [-0.15, -0.1) is 0 Å². The fourth-order valence-electron chi connectivity index (χ4n) is 4.70. The van der Waals surface area contributed by atoms with Crippen LogP contribution in [0.5, 0.6) is 0 Å². The van der Waals surface area contributed by atoms with E-state index in [4.69, 9.17) is 34.3 Å². The molecular formula is C23H39N6O14P3S2. The van der Waals surface area contributed by atoms with Crippen LogP contribution in [0.3, 0.4) is 0 Å². The highest BCUT2D eigenvalue weighted by Gasteiger charge is 2.44. The van der Waals surface area contributed by atoms with Gasteiger partial charge in [0.25, 0.3) is 0 Å². The average molecular weight is 781 g/mol. The molecule has 6 atom stereocenters. The molecule has 1 saturated heterocycles. The van der Waals surface area contributed by atoms with Gasteiger partial charge in [0, 0.05) is 6.42 Å². The number of nitrogens with one attached hydrogen (secondary N) is 1. The number of alkyl carbamates (subject to hydrolysis) is 1. The first-order valence-electron chi connectivity index (χ1n) is 14.4. The van der Waals surface area contributed by atoms with Crippen LogP contribution in [0.15, 0.2) is 24.8 Å². The van der Waals surface area contributed by atoms with Crippen molar-refractivity contribution in [2.45, 2.75) is 63.1 Å². The minimum atomic E-state index is -5.71.